The second kappa shape index (κ2) is 7.32. The lowest BCUT2D eigenvalue weighted by Crippen LogP contribution is -2.45. The van der Waals surface area contributed by atoms with Crippen molar-refractivity contribution in [1.29, 1.82) is 0 Å². The number of amides is 2. The van der Waals surface area contributed by atoms with Gasteiger partial charge >= 0.3 is 5.97 Å². The summed E-state index contributed by atoms with van der Waals surface area (Å²) in [6.45, 7) is 5.22. The highest BCUT2D eigenvalue weighted by Crippen LogP contribution is 2.38. The van der Waals surface area contributed by atoms with Crippen LogP contribution in [0.1, 0.15) is 52.4 Å². The van der Waals surface area contributed by atoms with Crippen LogP contribution in [0.4, 0.5) is 0 Å². The summed E-state index contributed by atoms with van der Waals surface area (Å²) in [4.78, 5) is 39.6. The number of carbonyl (C=O) groups excluding carboxylic acids is 2. The van der Waals surface area contributed by atoms with Gasteiger partial charge in [0.2, 0.25) is 11.8 Å². The topological polar surface area (TPSA) is 77.9 Å². The molecule has 0 spiro atoms. The van der Waals surface area contributed by atoms with E-state index in [2.05, 4.69) is 0 Å². The van der Waals surface area contributed by atoms with Crippen LogP contribution in [-0.4, -0.2) is 58.9 Å². The summed E-state index contributed by atoms with van der Waals surface area (Å²) < 4.78 is 0. The number of hydrogen-bond donors (Lipinski definition) is 1. The maximum Gasteiger partial charge on any atom is 0.311 e. The minimum absolute atomic E-state index is 0.0267. The van der Waals surface area contributed by atoms with Crippen LogP contribution in [0, 0.1) is 11.3 Å². The standard InChI is InChI=1S/C17H28N2O4/c1-13(2)17(16(22)23)8-10-19(12-17)15(21)11-18-9-6-4-3-5-7-14(18)20/h13H,3-12H2,1-2H3,(H,22,23). The molecule has 2 amide bonds. The van der Waals surface area contributed by atoms with E-state index >= 15 is 0 Å². The van der Waals surface area contributed by atoms with Gasteiger partial charge in [-0.05, 0) is 25.2 Å². The molecule has 0 bridgehead atoms. The highest BCUT2D eigenvalue weighted by molar-refractivity contribution is 5.86. The van der Waals surface area contributed by atoms with E-state index in [-0.39, 0.29) is 30.8 Å². The number of hydrogen-bond acceptors (Lipinski definition) is 3. The molecule has 2 fully saturated rings. The summed E-state index contributed by atoms with van der Waals surface area (Å²) in [5, 5.41) is 9.56. The van der Waals surface area contributed by atoms with Gasteiger partial charge in [0.25, 0.3) is 0 Å². The molecule has 2 saturated heterocycles. The Kier molecular flexibility index (Phi) is 5.65. The zero-order chi connectivity index (χ0) is 17.0. The number of carboxylic acid groups (broad SMARTS) is 1. The monoisotopic (exact) mass is 324 g/mol. The summed E-state index contributed by atoms with van der Waals surface area (Å²) in [6.07, 6.45) is 5.00. The second-order valence-corrected chi connectivity index (χ2v) is 7.16. The number of nitrogens with zero attached hydrogens (tertiary/aromatic N) is 2. The smallest absolute Gasteiger partial charge is 0.311 e. The van der Waals surface area contributed by atoms with Crippen LogP contribution in [0.5, 0.6) is 0 Å². The molecule has 1 unspecified atom stereocenters. The molecule has 1 atom stereocenters. The summed E-state index contributed by atoms with van der Waals surface area (Å²) in [5.41, 5.74) is -0.851. The van der Waals surface area contributed by atoms with Gasteiger partial charge in [0.1, 0.15) is 0 Å². The lowest BCUT2D eigenvalue weighted by atomic mass is 9.76. The van der Waals surface area contributed by atoms with Crippen molar-refractivity contribution in [2.24, 2.45) is 11.3 Å². The fourth-order valence-corrected chi connectivity index (χ4v) is 3.58. The maximum absolute atomic E-state index is 12.5. The van der Waals surface area contributed by atoms with Crippen molar-refractivity contribution in [1.82, 2.24) is 9.80 Å². The molecule has 6 nitrogen and oxygen atoms in total. The normalized spacial score (nSPS) is 26.3. The lowest BCUT2D eigenvalue weighted by molar-refractivity contribution is -0.151. The molecule has 2 heterocycles. The molecule has 2 aliphatic rings. The first-order chi connectivity index (χ1) is 10.9. The Morgan fingerprint density at radius 1 is 1.17 bits per heavy atom. The second-order valence-electron chi connectivity index (χ2n) is 7.16. The highest BCUT2D eigenvalue weighted by atomic mass is 16.4. The Balaban J connectivity index is 1.98. The molecule has 2 aliphatic heterocycles. The van der Waals surface area contributed by atoms with Crippen LogP contribution in [0.2, 0.25) is 0 Å². The van der Waals surface area contributed by atoms with Gasteiger partial charge in [-0.3, -0.25) is 14.4 Å². The third kappa shape index (κ3) is 3.85. The highest BCUT2D eigenvalue weighted by Gasteiger charge is 2.48. The number of carboxylic acids is 1. The first kappa shape index (κ1) is 17.8. The van der Waals surface area contributed by atoms with Gasteiger partial charge in [-0.1, -0.05) is 26.7 Å². The minimum Gasteiger partial charge on any atom is -0.481 e. The largest absolute Gasteiger partial charge is 0.481 e. The third-order valence-electron chi connectivity index (χ3n) is 5.43. The average Bonchev–Trinajstić information content (AvgIpc) is 2.93. The quantitative estimate of drug-likeness (QED) is 0.854. The Morgan fingerprint density at radius 3 is 2.48 bits per heavy atom. The summed E-state index contributed by atoms with van der Waals surface area (Å²) in [7, 11) is 0. The van der Waals surface area contributed by atoms with Gasteiger partial charge in [0.15, 0.2) is 0 Å². The third-order valence-corrected chi connectivity index (χ3v) is 5.43. The Bertz CT molecular complexity index is 477. The number of likely N-dealkylation sites (tertiary alicyclic amines) is 2. The van der Waals surface area contributed by atoms with E-state index in [4.69, 9.17) is 0 Å². The van der Waals surface area contributed by atoms with Crippen molar-refractivity contribution >= 4 is 17.8 Å². The number of rotatable bonds is 4. The van der Waals surface area contributed by atoms with Crippen LogP contribution in [-0.2, 0) is 14.4 Å². The first-order valence-electron chi connectivity index (χ1n) is 8.66. The van der Waals surface area contributed by atoms with Gasteiger partial charge in [0.05, 0.1) is 12.0 Å². The molecule has 23 heavy (non-hydrogen) atoms. The Morgan fingerprint density at radius 2 is 1.87 bits per heavy atom. The predicted octanol–water partition coefficient (Wildman–Crippen LogP) is 1.74. The molecule has 0 aliphatic carbocycles. The molecule has 6 heteroatoms. The van der Waals surface area contributed by atoms with Crippen molar-refractivity contribution in [3.8, 4) is 0 Å². The molecule has 130 valence electrons. The maximum atomic E-state index is 12.5. The van der Waals surface area contributed by atoms with E-state index in [1.807, 2.05) is 13.8 Å². The SMILES string of the molecule is CC(C)C1(C(=O)O)CCN(C(=O)CN2CCCCCCC2=O)C1. The van der Waals surface area contributed by atoms with Crippen molar-refractivity contribution in [2.45, 2.75) is 52.4 Å². The number of carbonyl (C=O) groups is 3. The van der Waals surface area contributed by atoms with Crippen molar-refractivity contribution in [3.63, 3.8) is 0 Å². The van der Waals surface area contributed by atoms with Crippen LogP contribution >= 0.6 is 0 Å². The van der Waals surface area contributed by atoms with Gasteiger partial charge in [-0.25, -0.2) is 0 Å². The average molecular weight is 324 g/mol. The predicted molar refractivity (Wildman–Crippen MR) is 85.8 cm³/mol. The zero-order valence-corrected chi connectivity index (χ0v) is 14.2. The molecular formula is C17H28N2O4. The molecule has 0 saturated carbocycles. The Hall–Kier alpha value is -1.59. The summed E-state index contributed by atoms with van der Waals surface area (Å²) >= 11 is 0. The Labute approximate surface area is 137 Å². The van der Waals surface area contributed by atoms with Gasteiger partial charge < -0.3 is 14.9 Å². The van der Waals surface area contributed by atoms with Crippen LogP contribution < -0.4 is 0 Å². The molecule has 0 aromatic carbocycles. The van der Waals surface area contributed by atoms with Gasteiger partial charge in [-0.2, -0.15) is 0 Å². The van der Waals surface area contributed by atoms with Crippen LogP contribution in [0.3, 0.4) is 0 Å². The number of aliphatic carboxylic acids is 1. The summed E-state index contributed by atoms with van der Waals surface area (Å²) in [5.74, 6) is -0.931. The van der Waals surface area contributed by atoms with Crippen molar-refractivity contribution in [3.05, 3.63) is 0 Å². The van der Waals surface area contributed by atoms with E-state index in [0.29, 0.717) is 25.9 Å². The van der Waals surface area contributed by atoms with E-state index in [9.17, 15) is 19.5 Å². The van der Waals surface area contributed by atoms with E-state index < -0.39 is 11.4 Å². The molecule has 2 rings (SSSR count). The molecule has 0 radical (unpaired) electrons. The zero-order valence-electron chi connectivity index (χ0n) is 14.2. The molecule has 0 aromatic heterocycles. The molecule has 0 aromatic rings. The molecular weight excluding hydrogens is 296 g/mol. The fraction of sp³-hybridized carbons (Fsp3) is 0.824. The molecule has 1 N–H and O–H groups in total. The van der Waals surface area contributed by atoms with Crippen LogP contribution in [0.25, 0.3) is 0 Å². The minimum atomic E-state index is -0.851. The lowest BCUT2D eigenvalue weighted by Gasteiger charge is -2.30. The van der Waals surface area contributed by atoms with Crippen molar-refractivity contribution < 1.29 is 19.5 Å². The van der Waals surface area contributed by atoms with Crippen LogP contribution in [0.15, 0.2) is 0 Å². The fourth-order valence-electron chi connectivity index (χ4n) is 3.58. The summed E-state index contributed by atoms with van der Waals surface area (Å²) in [6, 6.07) is 0. The van der Waals surface area contributed by atoms with E-state index in [1.54, 1.807) is 9.80 Å². The first-order valence-corrected chi connectivity index (χ1v) is 8.66. The van der Waals surface area contributed by atoms with Crippen molar-refractivity contribution in [2.75, 3.05) is 26.2 Å². The van der Waals surface area contributed by atoms with E-state index in [0.717, 1.165) is 25.7 Å². The van der Waals surface area contributed by atoms with E-state index in [1.165, 1.54) is 0 Å². The van der Waals surface area contributed by atoms with Gasteiger partial charge in [0, 0.05) is 26.1 Å². The van der Waals surface area contributed by atoms with Gasteiger partial charge in [-0.15, -0.1) is 0 Å².